The molecule has 0 bridgehead atoms. The van der Waals surface area contributed by atoms with Crippen LogP contribution in [0.4, 0.5) is 0 Å². The fourth-order valence-corrected chi connectivity index (χ4v) is 1.60. The molecule has 0 spiro atoms. The lowest BCUT2D eigenvalue weighted by molar-refractivity contribution is 0.0737. The van der Waals surface area contributed by atoms with Crippen molar-refractivity contribution in [3.05, 3.63) is 33.3 Å². The predicted molar refractivity (Wildman–Crippen MR) is 59.0 cm³/mol. The Hall–Kier alpha value is -0.680. The Labute approximate surface area is 110 Å². The highest BCUT2D eigenvalue weighted by Gasteiger charge is 2.20. The molecule has 1 aromatic carbocycles. The van der Waals surface area contributed by atoms with Crippen LogP contribution >= 0.6 is 46.9 Å². The maximum absolute atomic E-state index is 11.1. The second kappa shape index (κ2) is 5.59. The van der Waals surface area contributed by atoms with E-state index in [9.17, 15) is 9.59 Å². The molecule has 0 fully saturated rings. The zero-order chi connectivity index (χ0) is 12.3. The Morgan fingerprint density at radius 2 is 1.19 bits per heavy atom. The standard InChI is InChI=1S/C8H2Cl4O4/c9-5-3(7(13)15-11)1-2-4(6(5)10)8(14)16-12/h1-2H. The molecule has 4 nitrogen and oxygen atoms in total. The average Bonchev–Trinajstić information content (AvgIpc) is 2.30. The summed E-state index contributed by atoms with van der Waals surface area (Å²) >= 11 is 21.2. The Bertz CT molecular complexity index is 405. The number of carbonyl (C=O) groups is 2. The minimum atomic E-state index is -0.889. The Balaban J connectivity index is 3.28. The van der Waals surface area contributed by atoms with E-state index in [4.69, 9.17) is 46.9 Å². The summed E-state index contributed by atoms with van der Waals surface area (Å²) in [4.78, 5) is 22.2. The fourth-order valence-electron chi connectivity index (χ4n) is 0.948. The van der Waals surface area contributed by atoms with Gasteiger partial charge in [0.2, 0.25) is 0 Å². The summed E-state index contributed by atoms with van der Waals surface area (Å²) in [6, 6.07) is 2.42. The van der Waals surface area contributed by atoms with Crippen molar-refractivity contribution in [2.24, 2.45) is 0 Å². The van der Waals surface area contributed by atoms with Crippen LogP contribution in [0.15, 0.2) is 12.1 Å². The van der Waals surface area contributed by atoms with Crippen molar-refractivity contribution in [2.75, 3.05) is 0 Å². The van der Waals surface area contributed by atoms with Gasteiger partial charge in [0.15, 0.2) is 0 Å². The van der Waals surface area contributed by atoms with Gasteiger partial charge in [-0.1, -0.05) is 23.2 Å². The van der Waals surface area contributed by atoms with Gasteiger partial charge < -0.3 is 8.58 Å². The van der Waals surface area contributed by atoms with Crippen LogP contribution in [0, 0.1) is 0 Å². The van der Waals surface area contributed by atoms with Crippen LogP contribution in [-0.2, 0) is 8.58 Å². The zero-order valence-corrected chi connectivity index (χ0v) is 10.3. The van der Waals surface area contributed by atoms with E-state index in [0.717, 1.165) is 0 Å². The number of hydrogen-bond acceptors (Lipinski definition) is 4. The highest BCUT2D eigenvalue weighted by atomic mass is 35.5. The van der Waals surface area contributed by atoms with E-state index in [1.54, 1.807) is 0 Å². The first kappa shape index (κ1) is 13.4. The first-order valence-electron chi connectivity index (χ1n) is 3.66. The first-order chi connectivity index (χ1) is 7.52. The summed E-state index contributed by atoms with van der Waals surface area (Å²) in [7, 11) is 0. The number of hydrogen-bond donors (Lipinski definition) is 0. The second-order valence-electron chi connectivity index (χ2n) is 2.52. The van der Waals surface area contributed by atoms with E-state index in [1.165, 1.54) is 12.1 Å². The highest BCUT2D eigenvalue weighted by molar-refractivity contribution is 6.45. The van der Waals surface area contributed by atoms with Crippen LogP contribution in [0.3, 0.4) is 0 Å². The van der Waals surface area contributed by atoms with Crippen molar-refractivity contribution in [1.29, 1.82) is 0 Å². The molecule has 0 atom stereocenters. The first-order valence-corrected chi connectivity index (χ1v) is 5.04. The molecule has 1 aromatic rings. The predicted octanol–water partition coefficient (Wildman–Crippen LogP) is 3.61. The smallest absolute Gasteiger partial charge is 0.343 e. The topological polar surface area (TPSA) is 52.6 Å². The van der Waals surface area contributed by atoms with Crippen LogP contribution in [0.2, 0.25) is 10.0 Å². The fraction of sp³-hybridized carbons (Fsp3) is 0. The minimum absolute atomic E-state index is 0.0761. The summed E-state index contributed by atoms with van der Waals surface area (Å²) < 4.78 is 7.89. The molecule has 16 heavy (non-hydrogen) atoms. The van der Waals surface area contributed by atoms with Crippen molar-refractivity contribution in [3.8, 4) is 0 Å². The molecule has 0 saturated heterocycles. The molecule has 86 valence electrons. The van der Waals surface area contributed by atoms with E-state index in [-0.39, 0.29) is 21.2 Å². The second-order valence-corrected chi connectivity index (χ2v) is 3.58. The summed E-state index contributed by atoms with van der Waals surface area (Å²) in [5, 5.41) is -0.348. The number of rotatable bonds is 2. The molecule has 0 aliphatic heterocycles. The number of carbonyl (C=O) groups excluding carboxylic acids is 2. The van der Waals surface area contributed by atoms with Gasteiger partial charge in [-0.25, -0.2) is 9.59 Å². The molecule has 0 radical (unpaired) electrons. The lowest BCUT2D eigenvalue weighted by Crippen LogP contribution is -2.04. The van der Waals surface area contributed by atoms with E-state index in [2.05, 4.69) is 8.58 Å². The van der Waals surface area contributed by atoms with E-state index in [1.807, 2.05) is 0 Å². The van der Waals surface area contributed by atoms with E-state index < -0.39 is 11.9 Å². The molecule has 0 amide bonds. The average molecular weight is 304 g/mol. The number of benzene rings is 1. The van der Waals surface area contributed by atoms with Gasteiger partial charge >= 0.3 is 11.9 Å². The SMILES string of the molecule is O=C(OCl)c1ccc(C(=O)OCl)c(Cl)c1Cl. The quantitative estimate of drug-likeness (QED) is 0.837. The van der Waals surface area contributed by atoms with Crippen molar-refractivity contribution in [2.45, 2.75) is 0 Å². The monoisotopic (exact) mass is 302 g/mol. The molecule has 0 aromatic heterocycles. The van der Waals surface area contributed by atoms with Crippen LogP contribution in [0.25, 0.3) is 0 Å². The van der Waals surface area contributed by atoms with Gasteiger partial charge in [-0.05, 0) is 12.1 Å². The van der Waals surface area contributed by atoms with Crippen LogP contribution in [0.1, 0.15) is 20.7 Å². The third kappa shape index (κ3) is 2.52. The Kier molecular flexibility index (Phi) is 4.68. The van der Waals surface area contributed by atoms with Crippen molar-refractivity contribution < 1.29 is 18.2 Å². The Morgan fingerprint density at radius 1 is 0.875 bits per heavy atom. The van der Waals surface area contributed by atoms with Crippen LogP contribution in [0.5, 0.6) is 0 Å². The van der Waals surface area contributed by atoms with Gasteiger partial charge in [0.1, 0.15) is 23.7 Å². The lowest BCUT2D eigenvalue weighted by atomic mass is 10.1. The molecule has 8 heteroatoms. The van der Waals surface area contributed by atoms with Crippen molar-refractivity contribution in [3.63, 3.8) is 0 Å². The zero-order valence-electron chi connectivity index (χ0n) is 7.30. The Morgan fingerprint density at radius 3 is 1.44 bits per heavy atom. The molecule has 1 rings (SSSR count). The largest absolute Gasteiger partial charge is 0.357 e. The van der Waals surface area contributed by atoms with Crippen LogP contribution in [-0.4, -0.2) is 11.9 Å². The van der Waals surface area contributed by atoms with Gasteiger partial charge in [0.05, 0.1) is 21.2 Å². The summed E-state index contributed by atoms with van der Waals surface area (Å²) in [5.41, 5.74) is -0.152. The molecule has 0 heterocycles. The molecule has 0 saturated carbocycles. The van der Waals surface area contributed by atoms with Gasteiger partial charge in [-0.2, -0.15) is 0 Å². The molecule has 0 N–H and O–H groups in total. The van der Waals surface area contributed by atoms with Crippen molar-refractivity contribution in [1.82, 2.24) is 0 Å². The third-order valence-corrected chi connectivity index (χ3v) is 2.82. The van der Waals surface area contributed by atoms with E-state index in [0.29, 0.717) is 0 Å². The van der Waals surface area contributed by atoms with Gasteiger partial charge in [-0.3, -0.25) is 0 Å². The minimum Gasteiger partial charge on any atom is -0.343 e. The summed E-state index contributed by atoms with van der Waals surface area (Å²) in [6.45, 7) is 0. The molecular formula is C8H2Cl4O4. The van der Waals surface area contributed by atoms with Crippen LogP contribution < -0.4 is 0 Å². The third-order valence-electron chi connectivity index (χ3n) is 1.66. The van der Waals surface area contributed by atoms with Gasteiger partial charge in [0.25, 0.3) is 0 Å². The van der Waals surface area contributed by atoms with E-state index >= 15 is 0 Å². The maximum atomic E-state index is 11.1. The lowest BCUT2D eigenvalue weighted by Gasteiger charge is -2.05. The summed E-state index contributed by atoms with van der Waals surface area (Å²) in [6.07, 6.45) is 0. The summed E-state index contributed by atoms with van der Waals surface area (Å²) in [5.74, 6) is -1.78. The molecule has 0 unspecified atom stereocenters. The molecule has 0 aliphatic rings. The van der Waals surface area contributed by atoms with Gasteiger partial charge in [-0.15, -0.1) is 0 Å². The maximum Gasteiger partial charge on any atom is 0.357 e. The molecular weight excluding hydrogens is 302 g/mol. The van der Waals surface area contributed by atoms with Gasteiger partial charge in [0, 0.05) is 0 Å². The van der Waals surface area contributed by atoms with Crippen molar-refractivity contribution >= 4 is 58.9 Å². The molecule has 0 aliphatic carbocycles. The normalized spacial score (nSPS) is 9.75. The highest BCUT2D eigenvalue weighted by Crippen LogP contribution is 2.30. The number of halogens is 4.